The highest BCUT2D eigenvalue weighted by Crippen LogP contribution is 2.33. The predicted octanol–water partition coefficient (Wildman–Crippen LogP) is 1.60. The van der Waals surface area contributed by atoms with Gasteiger partial charge >= 0.3 is 5.25 Å². The van der Waals surface area contributed by atoms with Gasteiger partial charge < -0.3 is 0 Å². The van der Waals surface area contributed by atoms with Gasteiger partial charge in [-0.05, 0) is 29.5 Å². The molecule has 2 rings (SSSR count). The molecule has 6 nitrogen and oxygen atoms in total. The number of para-hydroxylation sites is 1. The second-order valence-corrected chi connectivity index (χ2v) is 5.89. The molecule has 0 fully saturated rings. The summed E-state index contributed by atoms with van der Waals surface area (Å²) in [5.74, 6) is 0. The fourth-order valence-corrected chi connectivity index (χ4v) is 2.62. The summed E-state index contributed by atoms with van der Waals surface area (Å²) in [6.07, 6.45) is 0. The maximum absolute atomic E-state index is 13.8. The number of alkyl halides is 2. The molecular formula is C11H10F2N4O2S. The Morgan fingerprint density at radius 2 is 1.90 bits per heavy atom. The molecule has 0 spiro atoms. The highest BCUT2D eigenvalue weighted by atomic mass is 32.2. The van der Waals surface area contributed by atoms with E-state index in [1.54, 1.807) is 18.2 Å². The third kappa shape index (κ3) is 2.09. The minimum Gasteiger partial charge on any atom is -0.214 e. The minimum atomic E-state index is -5.08. The Kier molecular flexibility index (Phi) is 3.38. The van der Waals surface area contributed by atoms with Gasteiger partial charge in [0.1, 0.15) is 0 Å². The second-order valence-electron chi connectivity index (χ2n) is 4.01. The van der Waals surface area contributed by atoms with E-state index in [-0.39, 0.29) is 5.69 Å². The first-order valence-electron chi connectivity index (χ1n) is 5.40. The Labute approximate surface area is 113 Å². The summed E-state index contributed by atoms with van der Waals surface area (Å²) < 4.78 is 52.3. The number of hydrogen-bond donors (Lipinski definition) is 0. The Morgan fingerprint density at radius 1 is 1.30 bits per heavy atom. The van der Waals surface area contributed by atoms with Gasteiger partial charge in [-0.3, -0.25) is 0 Å². The zero-order valence-corrected chi connectivity index (χ0v) is 11.2. The monoisotopic (exact) mass is 300 g/mol. The first-order chi connectivity index (χ1) is 9.28. The molecule has 0 saturated heterocycles. The summed E-state index contributed by atoms with van der Waals surface area (Å²) in [5.41, 5.74) is -0.547. The average molecular weight is 300 g/mol. The molecule has 1 aromatic carbocycles. The number of sulfone groups is 1. The number of halogens is 2. The number of hydrogen-bond acceptors (Lipinski definition) is 5. The van der Waals surface area contributed by atoms with Crippen LogP contribution in [0.4, 0.5) is 8.78 Å². The van der Waals surface area contributed by atoms with Gasteiger partial charge in [0.25, 0.3) is 15.0 Å². The number of rotatable bonds is 4. The summed E-state index contributed by atoms with van der Waals surface area (Å²) >= 11 is 0. The minimum absolute atomic E-state index is 0.258. The lowest BCUT2D eigenvalue weighted by molar-refractivity contribution is 0.132. The highest BCUT2D eigenvalue weighted by molar-refractivity contribution is 7.92. The van der Waals surface area contributed by atoms with Gasteiger partial charge in [-0.25, -0.2) is 8.42 Å². The normalized spacial score (nSPS) is 12.3. The van der Waals surface area contributed by atoms with Crippen molar-refractivity contribution in [2.45, 2.75) is 17.3 Å². The fourth-order valence-electron chi connectivity index (χ4n) is 1.42. The molecular weight excluding hydrogens is 290 g/mol. The summed E-state index contributed by atoms with van der Waals surface area (Å²) in [4.78, 5) is 0. The lowest BCUT2D eigenvalue weighted by Gasteiger charge is -2.15. The zero-order chi connectivity index (χ0) is 15.0. The van der Waals surface area contributed by atoms with Crippen molar-refractivity contribution in [2.75, 3.05) is 0 Å². The topological polar surface area (TPSA) is 77.7 Å². The highest BCUT2D eigenvalue weighted by Gasteiger charge is 2.50. The SMILES string of the molecule is C=C(C)C(F)(F)S(=O)(=O)c1nnnn1-c1ccccc1. The van der Waals surface area contributed by atoms with Gasteiger partial charge in [-0.15, -0.1) is 0 Å². The maximum atomic E-state index is 13.8. The van der Waals surface area contributed by atoms with Crippen LogP contribution in [0.25, 0.3) is 5.69 Å². The van der Waals surface area contributed by atoms with E-state index in [9.17, 15) is 17.2 Å². The summed E-state index contributed by atoms with van der Waals surface area (Å²) in [7, 11) is -5.08. The molecule has 0 atom stereocenters. The van der Waals surface area contributed by atoms with Crippen LogP contribution in [0.1, 0.15) is 6.92 Å². The van der Waals surface area contributed by atoms with Crippen LogP contribution in [0.15, 0.2) is 47.6 Å². The van der Waals surface area contributed by atoms with E-state index in [1.165, 1.54) is 12.1 Å². The lowest BCUT2D eigenvalue weighted by atomic mass is 10.3. The van der Waals surface area contributed by atoms with E-state index in [0.717, 1.165) is 11.6 Å². The Hall–Kier alpha value is -2.16. The third-order valence-electron chi connectivity index (χ3n) is 2.52. The van der Waals surface area contributed by atoms with Gasteiger partial charge in [0.15, 0.2) is 0 Å². The van der Waals surface area contributed by atoms with Crippen molar-refractivity contribution >= 4 is 9.84 Å². The van der Waals surface area contributed by atoms with Crippen LogP contribution >= 0.6 is 0 Å². The van der Waals surface area contributed by atoms with Gasteiger partial charge in [-0.2, -0.15) is 13.5 Å². The number of aromatic nitrogens is 4. The molecule has 2 aromatic rings. The largest absolute Gasteiger partial charge is 0.373 e. The van der Waals surface area contributed by atoms with E-state index in [1.807, 2.05) is 0 Å². The summed E-state index contributed by atoms with van der Waals surface area (Å²) in [6.45, 7) is 3.92. The molecule has 9 heteroatoms. The lowest BCUT2D eigenvalue weighted by Crippen LogP contribution is -2.32. The van der Waals surface area contributed by atoms with Crippen LogP contribution in [-0.4, -0.2) is 33.9 Å². The zero-order valence-electron chi connectivity index (χ0n) is 10.4. The molecule has 0 aliphatic carbocycles. The van der Waals surface area contributed by atoms with Crippen LogP contribution in [-0.2, 0) is 9.84 Å². The third-order valence-corrected chi connectivity index (χ3v) is 4.28. The van der Waals surface area contributed by atoms with E-state index < -0.39 is 25.8 Å². The van der Waals surface area contributed by atoms with Crippen LogP contribution in [0.5, 0.6) is 0 Å². The van der Waals surface area contributed by atoms with E-state index >= 15 is 0 Å². The number of nitrogens with zero attached hydrogens (tertiary/aromatic N) is 4. The molecule has 0 aliphatic heterocycles. The molecule has 1 heterocycles. The molecule has 0 amide bonds. The van der Waals surface area contributed by atoms with Gasteiger partial charge in [0.2, 0.25) is 0 Å². The van der Waals surface area contributed by atoms with Crippen LogP contribution in [0, 0.1) is 0 Å². The van der Waals surface area contributed by atoms with E-state index in [4.69, 9.17) is 0 Å². The number of tetrazole rings is 1. The van der Waals surface area contributed by atoms with E-state index in [0.29, 0.717) is 0 Å². The van der Waals surface area contributed by atoms with Gasteiger partial charge in [0, 0.05) is 5.57 Å². The van der Waals surface area contributed by atoms with Crippen LogP contribution in [0.2, 0.25) is 0 Å². The number of benzene rings is 1. The predicted molar refractivity (Wildman–Crippen MR) is 66.1 cm³/mol. The van der Waals surface area contributed by atoms with Crippen LogP contribution < -0.4 is 0 Å². The maximum Gasteiger partial charge on any atom is 0.373 e. The Morgan fingerprint density at radius 3 is 2.45 bits per heavy atom. The van der Waals surface area contributed by atoms with Crippen molar-refractivity contribution < 1.29 is 17.2 Å². The van der Waals surface area contributed by atoms with Crippen molar-refractivity contribution in [2.24, 2.45) is 0 Å². The average Bonchev–Trinajstić information content (AvgIpc) is 2.89. The molecule has 20 heavy (non-hydrogen) atoms. The van der Waals surface area contributed by atoms with Crippen molar-refractivity contribution in [3.63, 3.8) is 0 Å². The standard InChI is InChI=1S/C11H10F2N4O2S/c1-8(2)11(12,13)20(18,19)10-14-15-16-17(10)9-6-4-3-5-7-9/h3-7H,1H2,2H3. The molecule has 0 N–H and O–H groups in total. The quantitative estimate of drug-likeness (QED) is 0.802. The molecule has 0 aliphatic rings. The summed E-state index contributed by atoms with van der Waals surface area (Å²) in [6, 6.07) is 7.88. The first-order valence-corrected chi connectivity index (χ1v) is 6.89. The molecule has 0 bridgehead atoms. The smallest absolute Gasteiger partial charge is 0.214 e. The molecule has 106 valence electrons. The Balaban J connectivity index is 2.62. The summed E-state index contributed by atoms with van der Waals surface area (Å²) in [5, 5.41) is 4.72. The van der Waals surface area contributed by atoms with Crippen LogP contribution in [0.3, 0.4) is 0 Å². The van der Waals surface area contributed by atoms with Crippen molar-refractivity contribution in [3.8, 4) is 5.69 Å². The second kappa shape index (κ2) is 4.75. The van der Waals surface area contributed by atoms with Crippen molar-refractivity contribution in [3.05, 3.63) is 42.5 Å². The fraction of sp³-hybridized carbons (Fsp3) is 0.182. The van der Waals surface area contributed by atoms with Gasteiger partial charge in [-0.1, -0.05) is 29.9 Å². The Bertz CT molecular complexity index is 741. The van der Waals surface area contributed by atoms with E-state index in [2.05, 4.69) is 22.1 Å². The van der Waals surface area contributed by atoms with Gasteiger partial charge in [0.05, 0.1) is 5.69 Å². The molecule has 0 unspecified atom stereocenters. The molecule has 1 aromatic heterocycles. The molecule has 0 saturated carbocycles. The first kappa shape index (κ1) is 14.3. The van der Waals surface area contributed by atoms with Crippen molar-refractivity contribution in [1.82, 2.24) is 20.2 Å². The molecule has 0 radical (unpaired) electrons. The van der Waals surface area contributed by atoms with Crippen molar-refractivity contribution in [1.29, 1.82) is 0 Å².